The first-order valence-electron chi connectivity index (χ1n) is 8.76. The molecular weight excluding hydrogens is 383 g/mol. The van der Waals surface area contributed by atoms with Gasteiger partial charge in [0.15, 0.2) is 0 Å². The predicted octanol–water partition coefficient (Wildman–Crippen LogP) is 3.84. The number of carbonyl (C=O) groups is 2. The molecule has 1 atom stereocenters. The number of hydrogen-bond acceptors (Lipinski definition) is 3. The molecule has 7 heteroatoms. The van der Waals surface area contributed by atoms with Crippen LogP contribution in [0.5, 0.6) is 0 Å². The maximum atomic E-state index is 13.3. The number of ether oxygens (including phenoxy) is 1. The number of morpholine rings is 1. The molecule has 0 bridgehead atoms. The van der Waals surface area contributed by atoms with Crippen molar-refractivity contribution in [3.05, 3.63) is 77.1 Å². The monoisotopic (exact) mass is 402 g/mol. The van der Waals surface area contributed by atoms with Crippen molar-refractivity contribution in [2.45, 2.75) is 6.10 Å². The second-order valence-electron chi connectivity index (χ2n) is 6.42. The first-order valence-corrected chi connectivity index (χ1v) is 9.14. The van der Waals surface area contributed by atoms with E-state index < -0.39 is 11.9 Å². The number of nitrogens with zero attached hydrogens (tertiary/aromatic N) is 2. The summed E-state index contributed by atoms with van der Waals surface area (Å²) in [6, 6.07) is 10.9. The second-order valence-corrected chi connectivity index (χ2v) is 6.83. The number of rotatable bonds is 4. The van der Waals surface area contributed by atoms with Gasteiger partial charge in [0.25, 0.3) is 5.91 Å². The highest BCUT2D eigenvalue weighted by Crippen LogP contribution is 2.29. The van der Waals surface area contributed by atoms with Crippen molar-refractivity contribution < 1.29 is 18.7 Å². The van der Waals surface area contributed by atoms with Gasteiger partial charge in [0, 0.05) is 35.4 Å². The van der Waals surface area contributed by atoms with Gasteiger partial charge in [0.2, 0.25) is 5.91 Å². The molecule has 2 aromatic carbocycles. The van der Waals surface area contributed by atoms with Gasteiger partial charge < -0.3 is 14.5 Å². The molecule has 28 heavy (non-hydrogen) atoms. The summed E-state index contributed by atoms with van der Waals surface area (Å²) in [7, 11) is 1.64. The van der Waals surface area contributed by atoms with Gasteiger partial charge in [-0.05, 0) is 42.5 Å². The van der Waals surface area contributed by atoms with E-state index >= 15 is 0 Å². The molecule has 2 amide bonds. The Labute approximate surface area is 168 Å². The Morgan fingerprint density at radius 2 is 2.00 bits per heavy atom. The van der Waals surface area contributed by atoms with Gasteiger partial charge in [-0.25, -0.2) is 4.39 Å². The van der Waals surface area contributed by atoms with E-state index in [0.717, 1.165) is 0 Å². The van der Waals surface area contributed by atoms with Crippen LogP contribution in [-0.4, -0.2) is 43.5 Å². The number of amides is 2. The summed E-state index contributed by atoms with van der Waals surface area (Å²) >= 11 is 6.13. The third-order valence-corrected chi connectivity index (χ3v) is 5.00. The number of benzene rings is 2. The van der Waals surface area contributed by atoms with Crippen LogP contribution in [0, 0.1) is 5.82 Å². The Kier molecular flexibility index (Phi) is 6.11. The van der Waals surface area contributed by atoms with Gasteiger partial charge in [-0.1, -0.05) is 24.2 Å². The van der Waals surface area contributed by atoms with E-state index in [4.69, 9.17) is 16.3 Å². The van der Waals surface area contributed by atoms with Gasteiger partial charge in [-0.15, -0.1) is 0 Å². The molecule has 1 aliphatic rings. The van der Waals surface area contributed by atoms with Crippen molar-refractivity contribution in [2.24, 2.45) is 0 Å². The summed E-state index contributed by atoms with van der Waals surface area (Å²) in [4.78, 5) is 27.7. The minimum absolute atomic E-state index is 0.143. The second kappa shape index (κ2) is 8.54. The molecule has 3 rings (SSSR count). The Morgan fingerprint density at radius 3 is 2.64 bits per heavy atom. The quantitative estimate of drug-likeness (QED) is 0.730. The summed E-state index contributed by atoms with van der Waals surface area (Å²) in [5.74, 6) is -0.792. The van der Waals surface area contributed by atoms with E-state index in [-0.39, 0.29) is 16.8 Å². The van der Waals surface area contributed by atoms with Gasteiger partial charge in [-0.2, -0.15) is 0 Å². The molecule has 0 saturated carbocycles. The lowest BCUT2D eigenvalue weighted by Crippen LogP contribution is -2.42. The molecule has 0 aromatic heterocycles. The molecule has 0 spiro atoms. The molecule has 1 aliphatic heterocycles. The number of halogens is 2. The Balaban J connectivity index is 1.73. The molecular formula is C21H20ClFN2O3. The van der Waals surface area contributed by atoms with Gasteiger partial charge in [-0.3, -0.25) is 9.59 Å². The van der Waals surface area contributed by atoms with Gasteiger partial charge >= 0.3 is 0 Å². The van der Waals surface area contributed by atoms with E-state index in [9.17, 15) is 14.0 Å². The molecule has 0 radical (unpaired) electrons. The van der Waals surface area contributed by atoms with Crippen molar-refractivity contribution in [2.75, 3.05) is 31.6 Å². The van der Waals surface area contributed by atoms with Crippen LogP contribution in [0.4, 0.5) is 10.1 Å². The summed E-state index contributed by atoms with van der Waals surface area (Å²) in [6.07, 6.45) is 0.814. The topological polar surface area (TPSA) is 49.9 Å². The highest BCUT2D eigenvalue weighted by molar-refractivity contribution is 6.31. The predicted molar refractivity (Wildman–Crippen MR) is 106 cm³/mol. The fraction of sp³-hybridized carbons (Fsp3) is 0.238. The first kappa shape index (κ1) is 20.0. The van der Waals surface area contributed by atoms with E-state index in [1.54, 1.807) is 42.3 Å². The van der Waals surface area contributed by atoms with Crippen LogP contribution in [0.3, 0.4) is 0 Å². The normalized spacial score (nSPS) is 16.5. The lowest BCUT2D eigenvalue weighted by molar-refractivity contribution is -0.113. The summed E-state index contributed by atoms with van der Waals surface area (Å²) in [6.45, 7) is 4.59. The average Bonchev–Trinajstić information content (AvgIpc) is 2.72. The Morgan fingerprint density at radius 1 is 1.29 bits per heavy atom. The van der Waals surface area contributed by atoms with E-state index in [2.05, 4.69) is 6.58 Å². The van der Waals surface area contributed by atoms with Crippen LogP contribution in [-0.2, 0) is 9.53 Å². The largest absolute Gasteiger partial charge is 0.370 e. The molecule has 0 N–H and O–H groups in total. The average molecular weight is 403 g/mol. The van der Waals surface area contributed by atoms with Gasteiger partial charge in [0.1, 0.15) is 11.9 Å². The minimum Gasteiger partial charge on any atom is -0.370 e. The Bertz CT molecular complexity index is 901. The van der Waals surface area contributed by atoms with Crippen molar-refractivity contribution >= 4 is 29.1 Å². The summed E-state index contributed by atoms with van der Waals surface area (Å²) in [5.41, 5.74) is 1.83. The number of anilines is 1. The van der Waals surface area contributed by atoms with E-state index in [1.807, 2.05) is 0 Å². The SMILES string of the molecule is C=CC(=O)N(C)c1ccc(C(=O)N2CCOC(c3ccc(F)cc3Cl)C2)cc1. The van der Waals surface area contributed by atoms with Crippen molar-refractivity contribution in [3.63, 3.8) is 0 Å². The zero-order chi connectivity index (χ0) is 20.3. The lowest BCUT2D eigenvalue weighted by Gasteiger charge is -2.33. The fourth-order valence-electron chi connectivity index (χ4n) is 3.06. The number of hydrogen-bond donors (Lipinski definition) is 0. The number of carbonyl (C=O) groups excluding carboxylic acids is 2. The van der Waals surface area contributed by atoms with Crippen molar-refractivity contribution in [3.8, 4) is 0 Å². The van der Waals surface area contributed by atoms with E-state index in [0.29, 0.717) is 36.5 Å². The smallest absolute Gasteiger partial charge is 0.254 e. The molecule has 1 saturated heterocycles. The molecule has 5 nitrogen and oxygen atoms in total. The highest BCUT2D eigenvalue weighted by Gasteiger charge is 2.27. The van der Waals surface area contributed by atoms with Crippen molar-refractivity contribution in [1.82, 2.24) is 4.90 Å². The van der Waals surface area contributed by atoms with Crippen LogP contribution in [0.2, 0.25) is 5.02 Å². The fourth-order valence-corrected chi connectivity index (χ4v) is 3.35. The maximum Gasteiger partial charge on any atom is 0.254 e. The molecule has 146 valence electrons. The molecule has 0 aliphatic carbocycles. The highest BCUT2D eigenvalue weighted by atomic mass is 35.5. The maximum absolute atomic E-state index is 13.3. The first-order chi connectivity index (χ1) is 13.4. The third kappa shape index (κ3) is 4.24. The van der Waals surface area contributed by atoms with Crippen LogP contribution in [0.25, 0.3) is 0 Å². The summed E-state index contributed by atoms with van der Waals surface area (Å²) in [5, 5.41) is 0.276. The molecule has 1 fully saturated rings. The lowest BCUT2D eigenvalue weighted by atomic mass is 10.1. The molecule has 1 unspecified atom stereocenters. The van der Waals surface area contributed by atoms with Crippen LogP contribution >= 0.6 is 11.6 Å². The Hall–Kier alpha value is -2.70. The van der Waals surface area contributed by atoms with Crippen LogP contribution in [0.15, 0.2) is 55.1 Å². The standard InChI is InChI=1S/C21H20ClFN2O3/c1-3-20(26)24(2)16-7-4-14(5-8-16)21(27)25-10-11-28-19(13-25)17-9-6-15(23)12-18(17)22/h3-9,12,19H,1,10-11,13H2,2H3. The molecule has 1 heterocycles. The third-order valence-electron chi connectivity index (χ3n) is 4.67. The number of likely N-dealkylation sites (N-methyl/N-ethyl adjacent to an activating group) is 1. The van der Waals surface area contributed by atoms with E-state index in [1.165, 1.54) is 23.1 Å². The minimum atomic E-state index is -0.419. The van der Waals surface area contributed by atoms with Gasteiger partial charge in [0.05, 0.1) is 13.2 Å². The van der Waals surface area contributed by atoms with Crippen LogP contribution < -0.4 is 4.90 Å². The van der Waals surface area contributed by atoms with Crippen LogP contribution in [0.1, 0.15) is 22.0 Å². The van der Waals surface area contributed by atoms with Crippen molar-refractivity contribution in [1.29, 1.82) is 0 Å². The zero-order valence-corrected chi connectivity index (χ0v) is 16.2. The zero-order valence-electron chi connectivity index (χ0n) is 15.4. The molecule has 2 aromatic rings. The summed E-state index contributed by atoms with van der Waals surface area (Å²) < 4.78 is 19.0.